The molecule has 0 radical (unpaired) electrons. The van der Waals surface area contributed by atoms with Gasteiger partial charge in [0.15, 0.2) is 0 Å². The van der Waals surface area contributed by atoms with Crippen LogP contribution in [-0.2, 0) is 6.54 Å². The molecule has 0 bridgehead atoms. The number of para-hydroxylation sites is 1. The standard InChI is InChI=1S/C15H16N4O/c20-15-18(14-6-2-1-3-7-14)9-10-19(15)17-12-13-5-4-8-16-11-13/h1-8,11,17H,9-10,12H2. The van der Waals surface area contributed by atoms with Crippen LogP contribution in [0.2, 0.25) is 0 Å². The molecule has 0 saturated carbocycles. The average molecular weight is 268 g/mol. The Bertz CT molecular complexity index is 573. The molecule has 2 aromatic rings. The van der Waals surface area contributed by atoms with Crippen LogP contribution in [0.15, 0.2) is 54.9 Å². The van der Waals surface area contributed by atoms with E-state index < -0.39 is 0 Å². The van der Waals surface area contributed by atoms with Gasteiger partial charge in [-0.05, 0) is 23.8 Å². The number of benzene rings is 1. The molecule has 1 aromatic carbocycles. The number of urea groups is 1. The first-order valence-corrected chi connectivity index (χ1v) is 6.61. The largest absolute Gasteiger partial charge is 0.338 e. The first-order chi connectivity index (χ1) is 9.84. The van der Waals surface area contributed by atoms with E-state index in [0.717, 1.165) is 11.3 Å². The van der Waals surface area contributed by atoms with Crippen LogP contribution in [0.5, 0.6) is 0 Å². The highest BCUT2D eigenvalue weighted by Crippen LogP contribution is 2.18. The third-order valence-electron chi connectivity index (χ3n) is 3.27. The molecule has 2 amide bonds. The van der Waals surface area contributed by atoms with Crippen molar-refractivity contribution in [3.8, 4) is 0 Å². The number of rotatable bonds is 4. The van der Waals surface area contributed by atoms with Gasteiger partial charge in [-0.25, -0.2) is 10.2 Å². The number of carbonyl (C=O) groups is 1. The Morgan fingerprint density at radius 3 is 2.70 bits per heavy atom. The average Bonchev–Trinajstić information content (AvgIpc) is 2.88. The number of nitrogens with one attached hydrogen (secondary N) is 1. The Hall–Kier alpha value is -2.40. The van der Waals surface area contributed by atoms with Gasteiger partial charge in [-0.2, -0.15) is 0 Å². The molecule has 1 saturated heterocycles. The molecule has 0 atom stereocenters. The number of pyridine rings is 1. The van der Waals surface area contributed by atoms with Crippen molar-refractivity contribution in [2.75, 3.05) is 18.0 Å². The normalized spacial score (nSPS) is 14.9. The van der Waals surface area contributed by atoms with Crippen LogP contribution in [-0.4, -0.2) is 29.1 Å². The van der Waals surface area contributed by atoms with Gasteiger partial charge in [0.1, 0.15) is 0 Å². The predicted octanol–water partition coefficient (Wildman–Crippen LogP) is 2.03. The number of aromatic nitrogens is 1. The van der Waals surface area contributed by atoms with Crippen molar-refractivity contribution in [2.45, 2.75) is 6.54 Å². The van der Waals surface area contributed by atoms with Gasteiger partial charge in [0.25, 0.3) is 0 Å². The van der Waals surface area contributed by atoms with Gasteiger partial charge < -0.3 is 0 Å². The Morgan fingerprint density at radius 2 is 1.95 bits per heavy atom. The fourth-order valence-electron chi connectivity index (χ4n) is 2.22. The first kappa shape index (κ1) is 12.6. The zero-order valence-corrected chi connectivity index (χ0v) is 11.1. The Labute approximate surface area is 117 Å². The van der Waals surface area contributed by atoms with Crippen LogP contribution in [0.4, 0.5) is 10.5 Å². The first-order valence-electron chi connectivity index (χ1n) is 6.61. The van der Waals surface area contributed by atoms with Crippen LogP contribution in [0.25, 0.3) is 0 Å². The van der Waals surface area contributed by atoms with Crippen molar-refractivity contribution in [3.63, 3.8) is 0 Å². The summed E-state index contributed by atoms with van der Waals surface area (Å²) in [7, 11) is 0. The van der Waals surface area contributed by atoms with Crippen molar-refractivity contribution >= 4 is 11.7 Å². The summed E-state index contributed by atoms with van der Waals surface area (Å²) in [5.74, 6) is 0. The molecule has 1 N–H and O–H groups in total. The topological polar surface area (TPSA) is 48.5 Å². The van der Waals surface area contributed by atoms with E-state index in [4.69, 9.17) is 0 Å². The van der Waals surface area contributed by atoms with Gasteiger partial charge in [0.05, 0.1) is 6.54 Å². The Kier molecular flexibility index (Phi) is 3.60. The van der Waals surface area contributed by atoms with E-state index >= 15 is 0 Å². The molecule has 0 unspecified atom stereocenters. The van der Waals surface area contributed by atoms with Crippen molar-refractivity contribution in [3.05, 3.63) is 60.4 Å². The third-order valence-corrected chi connectivity index (χ3v) is 3.27. The number of hydrogen-bond acceptors (Lipinski definition) is 3. The second-order valence-corrected chi connectivity index (χ2v) is 4.62. The van der Waals surface area contributed by atoms with Crippen LogP contribution in [0, 0.1) is 0 Å². The summed E-state index contributed by atoms with van der Waals surface area (Å²) in [5, 5.41) is 1.65. The highest BCUT2D eigenvalue weighted by molar-refractivity contribution is 5.93. The molecule has 20 heavy (non-hydrogen) atoms. The molecule has 2 heterocycles. The van der Waals surface area contributed by atoms with Crippen molar-refractivity contribution in [2.24, 2.45) is 0 Å². The maximum atomic E-state index is 12.3. The SMILES string of the molecule is O=C1N(NCc2cccnc2)CCN1c1ccccc1. The van der Waals surface area contributed by atoms with E-state index in [1.54, 1.807) is 22.3 Å². The molecule has 1 aliphatic heterocycles. The minimum Gasteiger partial charge on any atom is -0.291 e. The number of carbonyl (C=O) groups excluding carboxylic acids is 1. The van der Waals surface area contributed by atoms with Gasteiger partial charge in [0.2, 0.25) is 0 Å². The second-order valence-electron chi connectivity index (χ2n) is 4.62. The quantitative estimate of drug-likeness (QED) is 0.923. The zero-order valence-electron chi connectivity index (χ0n) is 11.1. The van der Waals surface area contributed by atoms with Crippen molar-refractivity contribution < 1.29 is 4.79 Å². The number of nitrogens with zero attached hydrogens (tertiary/aromatic N) is 3. The summed E-state index contributed by atoms with van der Waals surface area (Å²) in [6.45, 7) is 1.97. The van der Waals surface area contributed by atoms with Crippen molar-refractivity contribution in [1.29, 1.82) is 0 Å². The Balaban J connectivity index is 1.62. The molecule has 5 heteroatoms. The lowest BCUT2D eigenvalue weighted by Crippen LogP contribution is -2.41. The van der Waals surface area contributed by atoms with E-state index in [2.05, 4.69) is 10.4 Å². The fraction of sp³-hybridized carbons (Fsp3) is 0.200. The van der Waals surface area contributed by atoms with Gasteiger partial charge in [-0.1, -0.05) is 24.3 Å². The van der Waals surface area contributed by atoms with Gasteiger partial charge in [-0.15, -0.1) is 0 Å². The van der Waals surface area contributed by atoms with Crippen molar-refractivity contribution in [1.82, 2.24) is 15.4 Å². The van der Waals surface area contributed by atoms with Gasteiger partial charge >= 0.3 is 6.03 Å². The van der Waals surface area contributed by atoms with Crippen LogP contribution >= 0.6 is 0 Å². The summed E-state index contributed by atoms with van der Waals surface area (Å²) < 4.78 is 0. The lowest BCUT2D eigenvalue weighted by Gasteiger charge is -2.19. The number of hydrogen-bond donors (Lipinski definition) is 1. The van der Waals surface area contributed by atoms with E-state index in [-0.39, 0.29) is 6.03 Å². The molecular weight excluding hydrogens is 252 g/mol. The predicted molar refractivity (Wildman–Crippen MR) is 77.0 cm³/mol. The number of amides is 2. The molecule has 5 nitrogen and oxygen atoms in total. The smallest absolute Gasteiger partial charge is 0.291 e. The molecule has 0 spiro atoms. The van der Waals surface area contributed by atoms with Gasteiger partial charge in [0, 0.05) is 31.2 Å². The molecule has 1 fully saturated rings. The maximum absolute atomic E-state index is 12.3. The minimum absolute atomic E-state index is 0.0138. The number of anilines is 1. The molecule has 0 aliphatic carbocycles. The molecule has 3 rings (SSSR count). The highest BCUT2D eigenvalue weighted by atomic mass is 16.2. The molecular formula is C15H16N4O. The zero-order chi connectivity index (χ0) is 13.8. The van der Waals surface area contributed by atoms with Crippen LogP contribution < -0.4 is 10.3 Å². The van der Waals surface area contributed by atoms with Crippen LogP contribution in [0.1, 0.15) is 5.56 Å². The van der Waals surface area contributed by atoms with E-state index in [0.29, 0.717) is 19.6 Å². The Morgan fingerprint density at radius 1 is 1.10 bits per heavy atom. The number of hydrazine groups is 1. The summed E-state index contributed by atoms with van der Waals surface area (Å²) in [6.07, 6.45) is 3.53. The lowest BCUT2D eigenvalue weighted by atomic mass is 10.3. The third kappa shape index (κ3) is 2.62. The summed E-state index contributed by atoms with van der Waals surface area (Å²) in [4.78, 5) is 18.1. The summed E-state index contributed by atoms with van der Waals surface area (Å²) in [6, 6.07) is 13.6. The molecule has 1 aliphatic rings. The van der Waals surface area contributed by atoms with Crippen LogP contribution in [0.3, 0.4) is 0 Å². The molecule has 1 aromatic heterocycles. The van der Waals surface area contributed by atoms with Gasteiger partial charge in [-0.3, -0.25) is 14.9 Å². The van der Waals surface area contributed by atoms with E-state index in [1.807, 2.05) is 42.5 Å². The minimum atomic E-state index is -0.0138. The maximum Gasteiger partial charge on any atom is 0.338 e. The summed E-state index contributed by atoms with van der Waals surface area (Å²) in [5.41, 5.74) is 5.14. The van der Waals surface area contributed by atoms with E-state index in [1.165, 1.54) is 0 Å². The second kappa shape index (κ2) is 5.71. The lowest BCUT2D eigenvalue weighted by molar-refractivity contribution is 0.196. The highest BCUT2D eigenvalue weighted by Gasteiger charge is 2.29. The molecule has 102 valence electrons. The fourth-order valence-corrected chi connectivity index (χ4v) is 2.22. The monoisotopic (exact) mass is 268 g/mol. The summed E-state index contributed by atoms with van der Waals surface area (Å²) >= 11 is 0. The van der Waals surface area contributed by atoms with E-state index in [9.17, 15) is 4.79 Å².